The SMILES string of the molecule is CCC[O-].[CH3][Al+][CH3]. The quantitative estimate of drug-likeness (QED) is 0.458. The van der Waals surface area contributed by atoms with Crippen LogP contribution in [0.5, 0.6) is 0 Å². The van der Waals surface area contributed by atoms with Gasteiger partial charge in [-0.1, -0.05) is 13.3 Å². The summed E-state index contributed by atoms with van der Waals surface area (Å²) in [6.45, 7) is 1.94. The van der Waals surface area contributed by atoms with E-state index < -0.39 is 0 Å². The molecule has 1 nitrogen and oxygen atoms in total. The first kappa shape index (κ1) is 10.5. The van der Waals surface area contributed by atoms with Crippen LogP contribution in [0.2, 0.25) is 11.6 Å². The van der Waals surface area contributed by atoms with Crippen LogP contribution in [-0.4, -0.2) is 21.8 Å². The van der Waals surface area contributed by atoms with Crippen molar-refractivity contribution in [1.29, 1.82) is 0 Å². The Bertz CT molecular complexity index is 15.6. The van der Waals surface area contributed by atoms with E-state index in [4.69, 9.17) is 0 Å². The van der Waals surface area contributed by atoms with E-state index in [0.717, 1.165) is 21.6 Å². The van der Waals surface area contributed by atoms with Crippen molar-refractivity contribution in [3.63, 3.8) is 0 Å². The zero-order valence-corrected chi connectivity index (χ0v) is 6.55. The molecular formula is C5H13AlO. The molecule has 0 aromatic carbocycles. The first-order valence-electron chi connectivity index (χ1n) is 2.65. The average molecular weight is 116 g/mol. The summed E-state index contributed by atoms with van der Waals surface area (Å²) < 4.78 is 0. The molecule has 7 heavy (non-hydrogen) atoms. The Morgan fingerprint density at radius 1 is 1.43 bits per heavy atom. The van der Waals surface area contributed by atoms with Gasteiger partial charge in [0.15, 0.2) is 0 Å². The molecule has 42 valence electrons. The maximum atomic E-state index is 9.30. The third kappa shape index (κ3) is 58.8. The van der Waals surface area contributed by atoms with Crippen molar-refractivity contribution in [3.05, 3.63) is 0 Å². The van der Waals surface area contributed by atoms with E-state index in [1.807, 2.05) is 6.92 Å². The zero-order chi connectivity index (χ0) is 6.12. The molecule has 0 saturated heterocycles. The number of hydrogen-bond donors (Lipinski definition) is 0. The van der Waals surface area contributed by atoms with Crippen LogP contribution in [0.4, 0.5) is 0 Å². The second-order valence-electron chi connectivity index (χ2n) is 1.28. The Labute approximate surface area is 52.5 Å². The van der Waals surface area contributed by atoms with E-state index in [2.05, 4.69) is 11.6 Å². The van der Waals surface area contributed by atoms with Gasteiger partial charge < -0.3 is 5.11 Å². The van der Waals surface area contributed by atoms with Crippen molar-refractivity contribution in [1.82, 2.24) is 0 Å². The summed E-state index contributed by atoms with van der Waals surface area (Å²) in [7, 11) is 0. The van der Waals surface area contributed by atoms with Gasteiger partial charge in [-0.15, -0.1) is 6.61 Å². The fourth-order valence-electron chi connectivity index (χ4n) is 0. The molecule has 0 unspecified atom stereocenters. The molecule has 0 rings (SSSR count). The fraction of sp³-hybridized carbons (Fsp3) is 1.00. The molecule has 2 heteroatoms. The normalized spacial score (nSPS) is 5.71. The molecule has 0 N–H and O–H groups in total. The van der Waals surface area contributed by atoms with Gasteiger partial charge in [0.25, 0.3) is 0 Å². The first-order chi connectivity index (χ1) is 3.33. The molecule has 0 aliphatic rings. The van der Waals surface area contributed by atoms with Gasteiger partial charge in [-0.25, -0.2) is 0 Å². The van der Waals surface area contributed by atoms with Crippen LogP contribution in [0, 0.1) is 0 Å². The van der Waals surface area contributed by atoms with Gasteiger partial charge in [0, 0.05) is 0 Å². The summed E-state index contributed by atoms with van der Waals surface area (Å²) in [6, 6.07) is 0. The van der Waals surface area contributed by atoms with Crippen LogP contribution >= 0.6 is 0 Å². The van der Waals surface area contributed by atoms with Crippen LogP contribution in [0.3, 0.4) is 0 Å². The van der Waals surface area contributed by atoms with E-state index in [0.29, 0.717) is 0 Å². The van der Waals surface area contributed by atoms with Crippen LogP contribution in [0.15, 0.2) is 0 Å². The van der Waals surface area contributed by atoms with Gasteiger partial charge in [-0.2, -0.15) is 0 Å². The topological polar surface area (TPSA) is 23.1 Å². The first-order valence-corrected chi connectivity index (χ1v) is 4.96. The van der Waals surface area contributed by atoms with E-state index >= 15 is 0 Å². The molecule has 0 amide bonds. The van der Waals surface area contributed by atoms with Crippen LogP contribution in [-0.2, 0) is 0 Å². The molecular weight excluding hydrogens is 103 g/mol. The second-order valence-corrected chi connectivity index (χ2v) is 2.44. The summed E-state index contributed by atoms with van der Waals surface area (Å²) in [5, 5.41) is 9.30. The molecule has 0 heterocycles. The minimum atomic E-state index is 0.0694. The molecule has 0 saturated carbocycles. The van der Waals surface area contributed by atoms with Crippen molar-refractivity contribution in [2.45, 2.75) is 24.9 Å². The number of hydrogen-bond acceptors (Lipinski definition) is 1. The molecule has 0 spiro atoms. The number of rotatable bonds is 1. The van der Waals surface area contributed by atoms with Crippen molar-refractivity contribution in [2.24, 2.45) is 0 Å². The standard InChI is InChI=1S/C3H7O.2CH3.Al/c1-2-3-4;;;/h2-3H2,1H3;2*1H3;/q-1;;;+1. The van der Waals surface area contributed by atoms with Gasteiger partial charge in [0.2, 0.25) is 0 Å². The average Bonchev–Trinajstić information content (AvgIpc) is 1.69. The Morgan fingerprint density at radius 2 is 1.57 bits per heavy atom. The molecule has 0 aliphatic heterocycles. The Morgan fingerprint density at radius 3 is 1.57 bits per heavy atom. The Balaban J connectivity index is 0. The third-order valence-corrected chi connectivity index (χ3v) is 0.204. The summed E-state index contributed by atoms with van der Waals surface area (Å²) in [5.41, 5.74) is 0. The summed E-state index contributed by atoms with van der Waals surface area (Å²) in [6.07, 6.45) is 0.764. The molecule has 0 aromatic rings. The van der Waals surface area contributed by atoms with Crippen LogP contribution in [0.25, 0.3) is 0 Å². The minimum absolute atomic E-state index is 0.0694. The predicted molar refractivity (Wildman–Crippen MR) is 32.6 cm³/mol. The van der Waals surface area contributed by atoms with E-state index in [9.17, 15) is 5.11 Å². The van der Waals surface area contributed by atoms with Crippen LogP contribution in [0.1, 0.15) is 13.3 Å². The van der Waals surface area contributed by atoms with Gasteiger partial charge in [-0.05, 0) is 0 Å². The van der Waals surface area contributed by atoms with Crippen molar-refractivity contribution in [2.75, 3.05) is 6.61 Å². The maximum absolute atomic E-state index is 9.30. The van der Waals surface area contributed by atoms with Gasteiger partial charge >= 0.3 is 26.8 Å². The molecule has 0 atom stereocenters. The summed E-state index contributed by atoms with van der Waals surface area (Å²) >= 11 is 0.750. The molecule has 0 aromatic heterocycles. The fourth-order valence-corrected chi connectivity index (χ4v) is 0. The van der Waals surface area contributed by atoms with Crippen LogP contribution < -0.4 is 5.11 Å². The second kappa shape index (κ2) is 16.1. The Hall–Kier alpha value is 0.492. The van der Waals surface area contributed by atoms with Crippen molar-refractivity contribution >= 4 is 15.2 Å². The van der Waals surface area contributed by atoms with E-state index in [-0.39, 0.29) is 6.61 Å². The van der Waals surface area contributed by atoms with E-state index in [1.54, 1.807) is 0 Å². The molecule has 0 bridgehead atoms. The van der Waals surface area contributed by atoms with Crippen molar-refractivity contribution in [3.8, 4) is 0 Å². The molecule has 0 fully saturated rings. The molecule has 0 aliphatic carbocycles. The van der Waals surface area contributed by atoms with E-state index in [1.165, 1.54) is 0 Å². The predicted octanol–water partition coefficient (Wildman–Crippen LogP) is 0.543. The zero-order valence-electron chi connectivity index (χ0n) is 5.40. The van der Waals surface area contributed by atoms with Gasteiger partial charge in [-0.3, -0.25) is 0 Å². The Kier molecular flexibility index (Phi) is 24.0. The monoisotopic (exact) mass is 116 g/mol. The summed E-state index contributed by atoms with van der Waals surface area (Å²) in [4.78, 5) is 0. The van der Waals surface area contributed by atoms with Gasteiger partial charge in [0.1, 0.15) is 0 Å². The van der Waals surface area contributed by atoms with Gasteiger partial charge in [0.05, 0.1) is 0 Å². The van der Waals surface area contributed by atoms with Crippen molar-refractivity contribution < 1.29 is 5.11 Å². The summed E-state index contributed by atoms with van der Waals surface area (Å²) in [5.74, 6) is 4.42. The molecule has 0 radical (unpaired) electrons. The third-order valence-electron chi connectivity index (χ3n) is 0.204.